The lowest BCUT2D eigenvalue weighted by molar-refractivity contribution is 1.27. The first-order chi connectivity index (χ1) is 16.2. The second-order valence-corrected chi connectivity index (χ2v) is 8.11. The van der Waals surface area contributed by atoms with Gasteiger partial charge in [-0.15, -0.1) is 0 Å². The topological polar surface area (TPSA) is 29.3 Å². The van der Waals surface area contributed by atoms with E-state index in [1.807, 2.05) is 24.3 Å². The summed E-state index contributed by atoms with van der Waals surface area (Å²) >= 11 is 0. The Kier molecular flexibility index (Phi) is 5.65. The molecule has 0 saturated heterocycles. The van der Waals surface area contributed by atoms with Crippen LogP contribution in [0.3, 0.4) is 0 Å². The van der Waals surface area contributed by atoms with Crippen molar-refractivity contribution in [2.45, 2.75) is 6.92 Å². The van der Waals surface area contributed by atoms with Crippen molar-refractivity contribution in [3.8, 4) is 22.3 Å². The third kappa shape index (κ3) is 3.99. The Morgan fingerprint density at radius 2 is 0.909 bits per heavy atom. The van der Waals surface area contributed by atoms with Gasteiger partial charge in [0.15, 0.2) is 0 Å². The fourth-order valence-corrected chi connectivity index (χ4v) is 4.46. The van der Waals surface area contributed by atoms with Gasteiger partial charge in [-0.3, -0.25) is 0 Å². The fraction of sp³-hybridized carbons (Fsp3) is 0.0323. The zero-order valence-electron chi connectivity index (χ0n) is 18.6. The number of hydrogen-bond donors (Lipinski definition) is 1. The molecule has 33 heavy (non-hydrogen) atoms. The highest BCUT2D eigenvalue weighted by Crippen LogP contribution is 2.47. The standard InChI is InChI=1S/C31H26N2/c1-23-22-28(33(26-18-10-4-11-19-26)27-20-12-5-13-21-27)31(32)30(25-16-8-3-9-17-25)29(23)24-14-6-2-7-15-24/h2-22H,32H2,1H3. The summed E-state index contributed by atoms with van der Waals surface area (Å²) in [4.78, 5) is 2.24. The normalized spacial score (nSPS) is 10.7. The highest BCUT2D eigenvalue weighted by molar-refractivity contribution is 6.00. The molecule has 2 N–H and O–H groups in total. The first-order valence-electron chi connectivity index (χ1n) is 11.2. The van der Waals surface area contributed by atoms with Crippen molar-refractivity contribution in [2.75, 3.05) is 10.6 Å². The van der Waals surface area contributed by atoms with Crippen LogP contribution in [0.1, 0.15) is 5.56 Å². The molecular formula is C31H26N2. The number of benzene rings is 5. The summed E-state index contributed by atoms with van der Waals surface area (Å²) in [5.74, 6) is 0. The van der Waals surface area contributed by atoms with Crippen LogP contribution in [0.25, 0.3) is 22.3 Å². The van der Waals surface area contributed by atoms with Crippen LogP contribution < -0.4 is 10.6 Å². The highest BCUT2D eigenvalue weighted by atomic mass is 15.2. The van der Waals surface area contributed by atoms with Crippen molar-refractivity contribution < 1.29 is 0 Å². The molecule has 0 bridgehead atoms. The Hall–Kier alpha value is -4.30. The molecular weight excluding hydrogens is 400 g/mol. The molecule has 0 saturated carbocycles. The van der Waals surface area contributed by atoms with E-state index < -0.39 is 0 Å². The summed E-state index contributed by atoms with van der Waals surface area (Å²) in [5.41, 5.74) is 16.6. The van der Waals surface area contributed by atoms with Crippen LogP contribution >= 0.6 is 0 Å². The molecule has 2 heteroatoms. The summed E-state index contributed by atoms with van der Waals surface area (Å²) in [5, 5.41) is 0. The molecule has 0 heterocycles. The van der Waals surface area contributed by atoms with Crippen molar-refractivity contribution in [1.82, 2.24) is 0 Å². The highest BCUT2D eigenvalue weighted by Gasteiger charge is 2.22. The van der Waals surface area contributed by atoms with Crippen LogP contribution in [-0.4, -0.2) is 0 Å². The number of rotatable bonds is 5. The maximum Gasteiger partial charge on any atom is 0.0700 e. The maximum absolute atomic E-state index is 7.06. The number of anilines is 4. The Balaban J connectivity index is 1.82. The van der Waals surface area contributed by atoms with E-state index in [9.17, 15) is 0 Å². The molecule has 0 unspecified atom stereocenters. The van der Waals surface area contributed by atoms with Crippen LogP contribution in [0.4, 0.5) is 22.7 Å². The molecule has 0 atom stereocenters. The van der Waals surface area contributed by atoms with Gasteiger partial charge in [0.25, 0.3) is 0 Å². The van der Waals surface area contributed by atoms with Crippen molar-refractivity contribution in [2.24, 2.45) is 0 Å². The minimum absolute atomic E-state index is 0.762. The molecule has 160 valence electrons. The lowest BCUT2D eigenvalue weighted by Crippen LogP contribution is -2.13. The van der Waals surface area contributed by atoms with Crippen LogP contribution in [0, 0.1) is 6.92 Å². The number of nitrogens with two attached hydrogens (primary N) is 1. The molecule has 0 aliphatic heterocycles. The van der Waals surface area contributed by atoms with Crippen LogP contribution in [0.15, 0.2) is 127 Å². The Labute approximate surface area is 195 Å². The third-order valence-corrected chi connectivity index (χ3v) is 5.94. The van der Waals surface area contributed by atoms with Crippen molar-refractivity contribution in [1.29, 1.82) is 0 Å². The Morgan fingerprint density at radius 3 is 1.36 bits per heavy atom. The molecule has 0 amide bonds. The zero-order chi connectivity index (χ0) is 22.6. The number of hydrogen-bond acceptors (Lipinski definition) is 2. The van der Waals surface area contributed by atoms with Crippen molar-refractivity contribution >= 4 is 22.7 Å². The number of nitrogen functional groups attached to an aromatic ring is 1. The summed E-state index contributed by atoms with van der Waals surface area (Å²) < 4.78 is 0. The van der Waals surface area contributed by atoms with Crippen molar-refractivity contribution in [3.05, 3.63) is 133 Å². The molecule has 5 aromatic carbocycles. The smallest absolute Gasteiger partial charge is 0.0700 e. The van der Waals surface area contributed by atoms with E-state index in [-0.39, 0.29) is 0 Å². The zero-order valence-corrected chi connectivity index (χ0v) is 18.6. The van der Waals surface area contributed by atoms with E-state index in [1.165, 1.54) is 11.1 Å². The van der Waals surface area contributed by atoms with Crippen LogP contribution in [0.2, 0.25) is 0 Å². The van der Waals surface area contributed by atoms with Gasteiger partial charge in [0.2, 0.25) is 0 Å². The van der Waals surface area contributed by atoms with Gasteiger partial charge in [-0.1, -0.05) is 97.1 Å². The predicted molar refractivity (Wildman–Crippen MR) is 141 cm³/mol. The summed E-state index contributed by atoms with van der Waals surface area (Å²) in [6.07, 6.45) is 0. The second kappa shape index (κ2) is 9.05. The van der Waals surface area contributed by atoms with Gasteiger partial charge in [0.1, 0.15) is 0 Å². The molecule has 5 rings (SSSR count). The lowest BCUT2D eigenvalue weighted by Gasteiger charge is -2.29. The number of aryl methyl sites for hydroxylation is 1. The van der Waals surface area contributed by atoms with E-state index in [4.69, 9.17) is 5.73 Å². The summed E-state index contributed by atoms with van der Waals surface area (Å²) in [6, 6.07) is 44.0. The fourth-order valence-electron chi connectivity index (χ4n) is 4.46. The number of nitrogens with zero attached hydrogens (tertiary/aromatic N) is 1. The Bertz CT molecular complexity index is 1310. The van der Waals surface area contributed by atoms with E-state index in [2.05, 4.69) is 115 Å². The van der Waals surface area contributed by atoms with Crippen LogP contribution in [0.5, 0.6) is 0 Å². The SMILES string of the molecule is Cc1cc(N(c2ccccc2)c2ccccc2)c(N)c(-c2ccccc2)c1-c1ccccc1. The number of para-hydroxylation sites is 2. The van der Waals surface area contributed by atoms with Gasteiger partial charge in [-0.2, -0.15) is 0 Å². The lowest BCUT2D eigenvalue weighted by atomic mass is 9.88. The first kappa shape index (κ1) is 20.6. The summed E-state index contributed by atoms with van der Waals surface area (Å²) in [7, 11) is 0. The van der Waals surface area contributed by atoms with E-state index in [0.717, 1.165) is 39.4 Å². The van der Waals surface area contributed by atoms with Gasteiger partial charge in [0, 0.05) is 16.9 Å². The average Bonchev–Trinajstić information content (AvgIpc) is 2.88. The van der Waals surface area contributed by atoms with Gasteiger partial charge in [0.05, 0.1) is 11.4 Å². The first-order valence-corrected chi connectivity index (χ1v) is 11.2. The Morgan fingerprint density at radius 1 is 0.515 bits per heavy atom. The van der Waals surface area contributed by atoms with Crippen molar-refractivity contribution in [3.63, 3.8) is 0 Å². The van der Waals surface area contributed by atoms with Gasteiger partial charge in [-0.25, -0.2) is 0 Å². The van der Waals surface area contributed by atoms with E-state index in [1.54, 1.807) is 0 Å². The predicted octanol–water partition coefficient (Wildman–Crippen LogP) is 8.38. The van der Waals surface area contributed by atoms with Crippen LogP contribution in [-0.2, 0) is 0 Å². The van der Waals surface area contributed by atoms with E-state index in [0.29, 0.717) is 0 Å². The second-order valence-electron chi connectivity index (χ2n) is 8.11. The molecule has 0 aliphatic rings. The summed E-state index contributed by atoms with van der Waals surface area (Å²) in [6.45, 7) is 2.17. The third-order valence-electron chi connectivity index (χ3n) is 5.94. The molecule has 0 fully saturated rings. The van der Waals surface area contributed by atoms with Gasteiger partial charge >= 0.3 is 0 Å². The van der Waals surface area contributed by atoms with Gasteiger partial charge < -0.3 is 10.6 Å². The average molecular weight is 427 g/mol. The molecule has 5 aromatic rings. The monoisotopic (exact) mass is 426 g/mol. The molecule has 0 aliphatic carbocycles. The van der Waals surface area contributed by atoms with Gasteiger partial charge in [-0.05, 0) is 59.5 Å². The minimum Gasteiger partial charge on any atom is -0.397 e. The molecule has 2 nitrogen and oxygen atoms in total. The minimum atomic E-state index is 0.762. The maximum atomic E-state index is 7.06. The quantitative estimate of drug-likeness (QED) is 0.286. The molecule has 0 aromatic heterocycles. The molecule has 0 spiro atoms. The largest absolute Gasteiger partial charge is 0.397 e. The van der Waals surface area contributed by atoms with E-state index >= 15 is 0 Å². The molecule has 0 radical (unpaired) electrons.